The molecule has 2 heterocycles. The van der Waals surface area contributed by atoms with Crippen LogP contribution in [0.15, 0.2) is 18.2 Å². The molecule has 1 aliphatic rings. The summed E-state index contributed by atoms with van der Waals surface area (Å²) in [5.41, 5.74) is 1.12. The monoisotopic (exact) mass is 249 g/mol. The molecule has 100 valence electrons. The first kappa shape index (κ1) is 13.3. The van der Waals surface area contributed by atoms with E-state index in [9.17, 15) is 0 Å². The van der Waals surface area contributed by atoms with Gasteiger partial charge in [0.1, 0.15) is 5.82 Å². The maximum atomic E-state index is 9.02. The molecule has 0 amide bonds. The second kappa shape index (κ2) is 6.71. The molecule has 1 aliphatic heterocycles. The van der Waals surface area contributed by atoms with E-state index in [0.29, 0.717) is 12.5 Å². The summed E-state index contributed by atoms with van der Waals surface area (Å²) in [5, 5.41) is 12.1. The lowest BCUT2D eigenvalue weighted by Crippen LogP contribution is -2.35. The van der Waals surface area contributed by atoms with Gasteiger partial charge in [-0.05, 0) is 43.9 Å². The summed E-state index contributed by atoms with van der Waals surface area (Å²) in [6.07, 6.45) is 3.41. The zero-order chi connectivity index (χ0) is 12.8. The average molecular weight is 249 g/mol. The molecule has 0 saturated carbocycles. The van der Waals surface area contributed by atoms with E-state index >= 15 is 0 Å². The standard InChI is InChI=1S/C14H23N3O/c1-15-14-6-2-5-13(16-14)11-17-8-3-4-12(10-17)7-9-18/h2,5-6,12,18H,3-4,7-11H2,1H3,(H,15,16). The third-order valence-corrected chi connectivity index (χ3v) is 3.59. The van der Waals surface area contributed by atoms with Crippen molar-refractivity contribution in [1.82, 2.24) is 9.88 Å². The van der Waals surface area contributed by atoms with Crippen LogP contribution in [0.25, 0.3) is 0 Å². The Hall–Kier alpha value is -1.13. The third-order valence-electron chi connectivity index (χ3n) is 3.59. The number of aliphatic hydroxyl groups is 1. The number of hydrogen-bond donors (Lipinski definition) is 2. The number of hydrogen-bond acceptors (Lipinski definition) is 4. The largest absolute Gasteiger partial charge is 0.396 e. The van der Waals surface area contributed by atoms with Crippen molar-refractivity contribution in [2.24, 2.45) is 5.92 Å². The molecule has 1 fully saturated rings. The van der Waals surface area contributed by atoms with E-state index in [2.05, 4.69) is 21.3 Å². The summed E-state index contributed by atoms with van der Waals surface area (Å²) in [6, 6.07) is 6.11. The zero-order valence-electron chi connectivity index (χ0n) is 11.1. The van der Waals surface area contributed by atoms with E-state index < -0.39 is 0 Å². The number of aliphatic hydroxyl groups excluding tert-OH is 1. The van der Waals surface area contributed by atoms with Crippen molar-refractivity contribution in [2.75, 3.05) is 32.1 Å². The topological polar surface area (TPSA) is 48.4 Å². The van der Waals surface area contributed by atoms with Crippen molar-refractivity contribution < 1.29 is 5.11 Å². The van der Waals surface area contributed by atoms with Crippen molar-refractivity contribution in [3.05, 3.63) is 23.9 Å². The molecule has 1 unspecified atom stereocenters. The van der Waals surface area contributed by atoms with Gasteiger partial charge in [-0.3, -0.25) is 4.90 Å². The minimum absolute atomic E-state index is 0.312. The van der Waals surface area contributed by atoms with Gasteiger partial charge in [0.25, 0.3) is 0 Å². The van der Waals surface area contributed by atoms with E-state index in [1.165, 1.54) is 12.8 Å². The van der Waals surface area contributed by atoms with E-state index in [-0.39, 0.29) is 0 Å². The Kier molecular flexibility index (Phi) is 4.96. The molecule has 4 nitrogen and oxygen atoms in total. The molecule has 1 aromatic rings. The Morgan fingerprint density at radius 2 is 2.39 bits per heavy atom. The molecule has 2 rings (SSSR count). The predicted octanol–water partition coefficient (Wildman–Crippen LogP) is 1.72. The Morgan fingerprint density at radius 1 is 1.50 bits per heavy atom. The van der Waals surface area contributed by atoms with E-state index in [1.807, 2.05) is 19.2 Å². The van der Waals surface area contributed by atoms with Gasteiger partial charge in [-0.2, -0.15) is 0 Å². The van der Waals surface area contributed by atoms with Gasteiger partial charge in [0, 0.05) is 26.7 Å². The van der Waals surface area contributed by atoms with Gasteiger partial charge in [0.2, 0.25) is 0 Å². The summed E-state index contributed by atoms with van der Waals surface area (Å²) in [5.74, 6) is 1.58. The first-order valence-corrected chi connectivity index (χ1v) is 6.78. The number of rotatable bonds is 5. The van der Waals surface area contributed by atoms with Gasteiger partial charge in [-0.15, -0.1) is 0 Å². The quantitative estimate of drug-likeness (QED) is 0.834. The summed E-state index contributed by atoms with van der Waals surface area (Å²) in [4.78, 5) is 7.00. The molecule has 1 saturated heterocycles. The number of pyridine rings is 1. The Labute approximate surface area is 109 Å². The first-order valence-electron chi connectivity index (χ1n) is 6.78. The van der Waals surface area contributed by atoms with Crippen LogP contribution in [-0.2, 0) is 6.54 Å². The molecule has 1 aromatic heterocycles. The van der Waals surface area contributed by atoms with Crippen LogP contribution in [0.3, 0.4) is 0 Å². The lowest BCUT2D eigenvalue weighted by atomic mass is 9.95. The van der Waals surface area contributed by atoms with Crippen LogP contribution in [-0.4, -0.2) is 41.7 Å². The minimum Gasteiger partial charge on any atom is -0.396 e. The smallest absolute Gasteiger partial charge is 0.126 e. The van der Waals surface area contributed by atoms with Crippen LogP contribution in [0.1, 0.15) is 25.0 Å². The fraction of sp³-hybridized carbons (Fsp3) is 0.643. The molecule has 1 atom stereocenters. The molecule has 0 spiro atoms. The van der Waals surface area contributed by atoms with E-state index in [0.717, 1.165) is 37.6 Å². The van der Waals surface area contributed by atoms with E-state index in [4.69, 9.17) is 5.11 Å². The normalized spacial score (nSPS) is 20.9. The highest BCUT2D eigenvalue weighted by atomic mass is 16.3. The van der Waals surface area contributed by atoms with E-state index in [1.54, 1.807) is 0 Å². The van der Waals surface area contributed by atoms with Crippen molar-refractivity contribution in [3.63, 3.8) is 0 Å². The highest BCUT2D eigenvalue weighted by molar-refractivity contribution is 5.34. The van der Waals surface area contributed by atoms with Crippen LogP contribution in [0, 0.1) is 5.92 Å². The molecule has 18 heavy (non-hydrogen) atoms. The molecule has 0 bridgehead atoms. The van der Waals surface area contributed by atoms with Crippen LogP contribution in [0.5, 0.6) is 0 Å². The van der Waals surface area contributed by atoms with Crippen LogP contribution in [0.4, 0.5) is 5.82 Å². The van der Waals surface area contributed by atoms with Gasteiger partial charge in [0.15, 0.2) is 0 Å². The number of nitrogens with one attached hydrogen (secondary N) is 1. The summed E-state index contributed by atoms with van der Waals surface area (Å²) < 4.78 is 0. The van der Waals surface area contributed by atoms with Gasteiger partial charge in [-0.25, -0.2) is 4.98 Å². The maximum absolute atomic E-state index is 9.02. The number of nitrogens with zero attached hydrogens (tertiary/aromatic N) is 2. The molecule has 2 N–H and O–H groups in total. The Bertz CT molecular complexity index is 368. The number of likely N-dealkylation sites (tertiary alicyclic amines) is 1. The Morgan fingerprint density at radius 3 is 3.17 bits per heavy atom. The van der Waals surface area contributed by atoms with Gasteiger partial charge < -0.3 is 10.4 Å². The molecular weight excluding hydrogens is 226 g/mol. The molecule has 0 aromatic carbocycles. The summed E-state index contributed by atoms with van der Waals surface area (Å²) >= 11 is 0. The van der Waals surface area contributed by atoms with Crippen LogP contribution >= 0.6 is 0 Å². The lowest BCUT2D eigenvalue weighted by molar-refractivity contribution is 0.141. The third kappa shape index (κ3) is 3.68. The SMILES string of the molecule is CNc1cccc(CN2CCCC(CCO)C2)n1. The minimum atomic E-state index is 0.312. The first-order chi connectivity index (χ1) is 8.81. The van der Waals surface area contributed by atoms with Gasteiger partial charge >= 0.3 is 0 Å². The van der Waals surface area contributed by atoms with Crippen molar-refractivity contribution in [3.8, 4) is 0 Å². The number of piperidine rings is 1. The second-order valence-electron chi connectivity index (χ2n) is 5.02. The fourth-order valence-electron chi connectivity index (χ4n) is 2.65. The fourth-order valence-corrected chi connectivity index (χ4v) is 2.65. The van der Waals surface area contributed by atoms with Crippen molar-refractivity contribution >= 4 is 5.82 Å². The molecule has 0 aliphatic carbocycles. The highest BCUT2D eigenvalue weighted by Crippen LogP contribution is 2.20. The Balaban J connectivity index is 1.91. The zero-order valence-corrected chi connectivity index (χ0v) is 11.1. The maximum Gasteiger partial charge on any atom is 0.126 e. The highest BCUT2D eigenvalue weighted by Gasteiger charge is 2.19. The average Bonchev–Trinajstić information content (AvgIpc) is 2.40. The summed E-state index contributed by atoms with van der Waals surface area (Å²) in [7, 11) is 1.89. The van der Waals surface area contributed by atoms with Crippen LogP contribution in [0.2, 0.25) is 0 Å². The lowest BCUT2D eigenvalue weighted by Gasteiger charge is -2.32. The number of aromatic nitrogens is 1. The number of anilines is 1. The molecular formula is C14H23N3O. The molecule has 0 radical (unpaired) electrons. The van der Waals surface area contributed by atoms with Crippen molar-refractivity contribution in [1.29, 1.82) is 0 Å². The predicted molar refractivity (Wildman–Crippen MR) is 73.5 cm³/mol. The molecule has 4 heteroatoms. The van der Waals surface area contributed by atoms with Crippen molar-refractivity contribution in [2.45, 2.75) is 25.8 Å². The van der Waals surface area contributed by atoms with Gasteiger partial charge in [-0.1, -0.05) is 6.07 Å². The van der Waals surface area contributed by atoms with Crippen LogP contribution < -0.4 is 5.32 Å². The second-order valence-corrected chi connectivity index (χ2v) is 5.02. The van der Waals surface area contributed by atoms with Gasteiger partial charge in [0.05, 0.1) is 5.69 Å². The summed E-state index contributed by atoms with van der Waals surface area (Å²) in [6.45, 7) is 3.46.